The Hall–Kier alpha value is -2.43. The number of aryl methyl sites for hydroxylation is 1. The minimum atomic E-state index is -0.274. The van der Waals surface area contributed by atoms with Crippen molar-refractivity contribution in [2.75, 3.05) is 11.4 Å². The summed E-state index contributed by atoms with van der Waals surface area (Å²) in [4.78, 5) is 16.3. The highest BCUT2D eigenvalue weighted by Gasteiger charge is 2.29. The molecule has 0 saturated heterocycles. The first-order valence-electron chi connectivity index (χ1n) is 9.39. The molecule has 1 amide bonds. The summed E-state index contributed by atoms with van der Waals surface area (Å²) in [5.41, 5.74) is 4.73. The summed E-state index contributed by atoms with van der Waals surface area (Å²) in [6.45, 7) is 4.82. The second-order valence-corrected chi connectivity index (χ2v) is 8.10. The molecule has 0 saturated carbocycles. The van der Waals surface area contributed by atoms with Gasteiger partial charge in [0.1, 0.15) is 0 Å². The fraction of sp³-hybridized carbons (Fsp3) is 0.261. The maximum Gasteiger partial charge on any atom is 0.243 e. The van der Waals surface area contributed by atoms with E-state index < -0.39 is 0 Å². The highest BCUT2D eigenvalue weighted by Crippen LogP contribution is 2.30. The van der Waals surface area contributed by atoms with Gasteiger partial charge in [0.15, 0.2) is 0 Å². The molecule has 0 unspecified atom stereocenters. The summed E-state index contributed by atoms with van der Waals surface area (Å²) in [6.07, 6.45) is 0.931. The van der Waals surface area contributed by atoms with Crippen molar-refractivity contribution in [1.29, 1.82) is 0 Å². The highest BCUT2D eigenvalue weighted by molar-refractivity contribution is 7.10. The van der Waals surface area contributed by atoms with E-state index in [4.69, 9.17) is 0 Å². The Bertz CT molecular complexity index is 918. The lowest BCUT2D eigenvalue weighted by Gasteiger charge is -2.26. The van der Waals surface area contributed by atoms with Gasteiger partial charge in [0.2, 0.25) is 5.91 Å². The molecule has 0 bridgehead atoms. The molecule has 1 aliphatic heterocycles. The van der Waals surface area contributed by atoms with Crippen LogP contribution in [0.2, 0.25) is 0 Å². The summed E-state index contributed by atoms with van der Waals surface area (Å²) in [7, 11) is 0. The molecule has 1 aliphatic rings. The zero-order chi connectivity index (χ0) is 18.8. The number of carbonyl (C=O) groups excluding carboxylic acids is 1. The van der Waals surface area contributed by atoms with Gasteiger partial charge >= 0.3 is 0 Å². The van der Waals surface area contributed by atoms with Crippen molar-refractivity contribution in [2.24, 2.45) is 0 Å². The van der Waals surface area contributed by atoms with Crippen LogP contribution in [0.15, 0.2) is 66.0 Å². The zero-order valence-electron chi connectivity index (χ0n) is 15.7. The summed E-state index contributed by atoms with van der Waals surface area (Å²) in [6, 6.07) is 20.7. The van der Waals surface area contributed by atoms with Crippen molar-refractivity contribution in [1.82, 2.24) is 5.32 Å². The molecule has 0 radical (unpaired) electrons. The number of thiophene rings is 1. The fourth-order valence-corrected chi connectivity index (χ4v) is 4.49. The lowest BCUT2D eigenvalue weighted by molar-refractivity contribution is -0.120. The van der Waals surface area contributed by atoms with E-state index in [1.54, 1.807) is 11.3 Å². The van der Waals surface area contributed by atoms with Crippen LogP contribution in [-0.4, -0.2) is 18.5 Å². The summed E-state index contributed by atoms with van der Waals surface area (Å²) in [5, 5.41) is 5.67. The van der Waals surface area contributed by atoms with Crippen LogP contribution in [0.3, 0.4) is 0 Å². The molecule has 2 atom stereocenters. The number of carbonyl (C=O) groups is 1. The van der Waals surface area contributed by atoms with Crippen LogP contribution in [0, 0.1) is 6.92 Å². The minimum Gasteiger partial charge on any atom is -0.310 e. The predicted octanol–water partition coefficient (Wildman–Crippen LogP) is 4.71. The van der Waals surface area contributed by atoms with Crippen LogP contribution < -0.4 is 10.2 Å². The molecule has 0 fully saturated rings. The average molecular weight is 377 g/mol. The van der Waals surface area contributed by atoms with E-state index in [2.05, 4.69) is 60.1 Å². The summed E-state index contributed by atoms with van der Waals surface area (Å²) in [5.74, 6) is 0.133. The van der Waals surface area contributed by atoms with Crippen molar-refractivity contribution in [2.45, 2.75) is 32.4 Å². The number of rotatable bonds is 5. The van der Waals surface area contributed by atoms with Crippen molar-refractivity contribution in [3.8, 4) is 0 Å². The lowest BCUT2D eigenvalue weighted by atomic mass is 10.0. The van der Waals surface area contributed by atoms with Crippen LogP contribution in [0.5, 0.6) is 0 Å². The third-order valence-electron chi connectivity index (χ3n) is 5.18. The van der Waals surface area contributed by atoms with Gasteiger partial charge in [-0.25, -0.2) is 0 Å². The number of hydrogen-bond acceptors (Lipinski definition) is 3. The van der Waals surface area contributed by atoms with E-state index in [0.29, 0.717) is 0 Å². The van der Waals surface area contributed by atoms with Gasteiger partial charge in [-0.05, 0) is 48.9 Å². The Morgan fingerprint density at radius 3 is 2.59 bits per heavy atom. The van der Waals surface area contributed by atoms with Gasteiger partial charge < -0.3 is 4.90 Å². The normalized spacial score (nSPS) is 15.4. The largest absolute Gasteiger partial charge is 0.310 e. The molecular weight excluding hydrogens is 352 g/mol. The van der Waals surface area contributed by atoms with Crippen molar-refractivity contribution < 1.29 is 4.79 Å². The Morgan fingerprint density at radius 1 is 1.07 bits per heavy atom. The van der Waals surface area contributed by atoms with Crippen LogP contribution in [0.4, 0.5) is 5.69 Å². The lowest BCUT2D eigenvalue weighted by Crippen LogP contribution is -2.45. The monoisotopic (exact) mass is 376 g/mol. The van der Waals surface area contributed by atoms with E-state index in [-0.39, 0.29) is 18.0 Å². The summed E-state index contributed by atoms with van der Waals surface area (Å²) < 4.78 is 0. The molecule has 0 spiro atoms. The standard InChI is InChI=1S/C23H24N2OS/c1-16-9-11-19(12-10-16)22(21-8-5-15-27-21)24-17(2)23(26)25-14-13-18-6-3-4-7-20(18)25/h3-12,15,17,22,24H,13-14H2,1-2H3/t17-,22-/m1/s1. The SMILES string of the molecule is Cc1ccc([C@@H](N[C@H](C)C(=O)N2CCc3ccccc32)c2cccs2)cc1. The molecule has 138 valence electrons. The molecule has 4 rings (SSSR count). The van der Waals surface area contributed by atoms with Gasteiger partial charge in [-0.15, -0.1) is 11.3 Å². The molecule has 3 nitrogen and oxygen atoms in total. The minimum absolute atomic E-state index is 0.0161. The third-order valence-corrected chi connectivity index (χ3v) is 6.12. The maximum absolute atomic E-state index is 13.2. The van der Waals surface area contributed by atoms with Gasteiger partial charge in [0.05, 0.1) is 12.1 Å². The van der Waals surface area contributed by atoms with Crippen molar-refractivity contribution >= 4 is 22.9 Å². The number of nitrogens with one attached hydrogen (secondary N) is 1. The van der Waals surface area contributed by atoms with E-state index in [1.807, 2.05) is 30.0 Å². The molecule has 0 aliphatic carbocycles. The highest BCUT2D eigenvalue weighted by atomic mass is 32.1. The number of fused-ring (bicyclic) bond motifs is 1. The van der Waals surface area contributed by atoms with E-state index in [0.717, 1.165) is 18.7 Å². The molecule has 2 aromatic carbocycles. The first kappa shape index (κ1) is 18.0. The number of hydrogen-bond donors (Lipinski definition) is 1. The molecule has 27 heavy (non-hydrogen) atoms. The Labute approximate surface area is 164 Å². The zero-order valence-corrected chi connectivity index (χ0v) is 16.5. The number of nitrogens with zero attached hydrogens (tertiary/aromatic N) is 1. The first-order chi connectivity index (χ1) is 13.1. The van der Waals surface area contributed by atoms with Crippen LogP contribution in [0.1, 0.15) is 34.5 Å². The van der Waals surface area contributed by atoms with Crippen LogP contribution in [-0.2, 0) is 11.2 Å². The van der Waals surface area contributed by atoms with Gasteiger partial charge in [0.25, 0.3) is 0 Å². The Kier molecular flexibility index (Phi) is 5.10. The quantitative estimate of drug-likeness (QED) is 0.699. The van der Waals surface area contributed by atoms with Crippen LogP contribution in [0.25, 0.3) is 0 Å². The van der Waals surface area contributed by atoms with Gasteiger partial charge in [0, 0.05) is 17.1 Å². The summed E-state index contributed by atoms with van der Waals surface area (Å²) >= 11 is 1.72. The Morgan fingerprint density at radius 2 is 1.85 bits per heavy atom. The molecule has 4 heteroatoms. The van der Waals surface area contributed by atoms with E-state index in [1.165, 1.54) is 21.6 Å². The number of para-hydroxylation sites is 1. The fourth-order valence-electron chi connectivity index (χ4n) is 3.68. The molecular formula is C23H24N2OS. The predicted molar refractivity (Wildman–Crippen MR) is 112 cm³/mol. The number of anilines is 1. The average Bonchev–Trinajstić information content (AvgIpc) is 3.36. The van der Waals surface area contributed by atoms with Crippen molar-refractivity contribution in [3.05, 3.63) is 87.6 Å². The second-order valence-electron chi connectivity index (χ2n) is 7.12. The molecule has 1 N–H and O–H groups in total. The Balaban J connectivity index is 1.56. The third kappa shape index (κ3) is 3.68. The second kappa shape index (κ2) is 7.67. The van der Waals surface area contributed by atoms with E-state index >= 15 is 0 Å². The van der Waals surface area contributed by atoms with Gasteiger partial charge in [-0.1, -0.05) is 54.1 Å². The van der Waals surface area contributed by atoms with Crippen molar-refractivity contribution in [3.63, 3.8) is 0 Å². The number of benzene rings is 2. The maximum atomic E-state index is 13.2. The van der Waals surface area contributed by atoms with E-state index in [9.17, 15) is 4.79 Å². The van der Waals surface area contributed by atoms with Crippen LogP contribution >= 0.6 is 11.3 Å². The number of amides is 1. The topological polar surface area (TPSA) is 32.3 Å². The first-order valence-corrected chi connectivity index (χ1v) is 10.3. The van der Waals surface area contributed by atoms with Gasteiger partial charge in [-0.2, -0.15) is 0 Å². The molecule has 3 aromatic rings. The molecule has 2 heterocycles. The molecule has 1 aromatic heterocycles. The van der Waals surface area contributed by atoms with Gasteiger partial charge in [-0.3, -0.25) is 10.1 Å². The smallest absolute Gasteiger partial charge is 0.243 e.